The summed E-state index contributed by atoms with van der Waals surface area (Å²) in [7, 11) is 0. The minimum atomic E-state index is -0.894. The Kier molecular flexibility index (Phi) is 4.08. The van der Waals surface area contributed by atoms with Crippen LogP contribution < -0.4 is 4.90 Å². The molecule has 0 aliphatic carbocycles. The van der Waals surface area contributed by atoms with E-state index in [1.807, 2.05) is 0 Å². The Bertz CT molecular complexity index is 575. The summed E-state index contributed by atoms with van der Waals surface area (Å²) in [6.45, 7) is 0.304. The third-order valence-corrected chi connectivity index (χ3v) is 3.24. The molecule has 6 heteroatoms. The van der Waals surface area contributed by atoms with Gasteiger partial charge < -0.3 is 4.90 Å². The maximum Gasteiger partial charge on any atom is 0.237 e. The number of benzene rings is 1. The lowest BCUT2D eigenvalue weighted by Gasteiger charge is -2.31. The van der Waals surface area contributed by atoms with Gasteiger partial charge in [-0.05, 0) is 25.0 Å². The first-order chi connectivity index (χ1) is 9.52. The van der Waals surface area contributed by atoms with Gasteiger partial charge in [-0.3, -0.25) is 9.59 Å². The monoisotopic (exact) mass is 278 g/mol. The molecule has 2 rings (SSSR count). The molecule has 1 fully saturated rings. The molecule has 4 nitrogen and oxygen atoms in total. The van der Waals surface area contributed by atoms with E-state index in [2.05, 4.69) is 0 Å². The zero-order chi connectivity index (χ0) is 14.7. The van der Waals surface area contributed by atoms with Gasteiger partial charge in [-0.15, -0.1) is 0 Å². The van der Waals surface area contributed by atoms with Crippen LogP contribution in [-0.4, -0.2) is 18.2 Å². The normalized spacial score (nSPS) is 18.8. The minimum absolute atomic E-state index is 0.0990. The van der Waals surface area contributed by atoms with Gasteiger partial charge in [0.25, 0.3) is 0 Å². The Balaban J connectivity index is 2.26. The molecule has 0 radical (unpaired) electrons. The summed E-state index contributed by atoms with van der Waals surface area (Å²) >= 11 is 0. The number of hydrogen-bond donors (Lipinski definition) is 0. The van der Waals surface area contributed by atoms with Gasteiger partial charge in [-0.2, -0.15) is 5.26 Å². The molecule has 20 heavy (non-hydrogen) atoms. The van der Waals surface area contributed by atoms with Crippen molar-refractivity contribution < 1.29 is 18.4 Å². The molecule has 0 saturated carbocycles. The number of carbonyl (C=O) groups is 2. The number of nitriles is 1. The smallest absolute Gasteiger partial charge is 0.237 e. The highest BCUT2D eigenvalue weighted by atomic mass is 19.1. The molecule has 0 spiro atoms. The first-order valence-corrected chi connectivity index (χ1v) is 6.20. The summed E-state index contributed by atoms with van der Waals surface area (Å²) in [5, 5.41) is 8.51. The van der Waals surface area contributed by atoms with Crippen LogP contribution in [0.25, 0.3) is 0 Å². The Morgan fingerprint density at radius 3 is 2.60 bits per heavy atom. The zero-order valence-electron chi connectivity index (χ0n) is 10.6. The number of Topliss-reactive ketones (excluding diaryl/α,β-unsaturated/α-hetero) is 1. The largest absolute Gasteiger partial charge is 0.312 e. The lowest BCUT2D eigenvalue weighted by atomic mass is 9.91. The van der Waals surface area contributed by atoms with Crippen LogP contribution in [0.3, 0.4) is 0 Å². The molecular weight excluding hydrogens is 266 g/mol. The molecule has 1 aromatic rings. The van der Waals surface area contributed by atoms with Crippen molar-refractivity contribution in [2.45, 2.75) is 19.3 Å². The maximum absolute atomic E-state index is 13.2. The molecule has 1 aromatic carbocycles. The maximum atomic E-state index is 13.2. The van der Waals surface area contributed by atoms with Crippen molar-refractivity contribution >= 4 is 17.4 Å². The summed E-state index contributed by atoms with van der Waals surface area (Å²) in [6, 6.07) is 4.54. The van der Waals surface area contributed by atoms with Crippen molar-refractivity contribution in [1.82, 2.24) is 0 Å². The highest BCUT2D eigenvalue weighted by Gasteiger charge is 2.34. The van der Waals surface area contributed by atoms with E-state index in [1.165, 1.54) is 4.90 Å². The molecule has 0 aromatic heterocycles. The molecule has 1 heterocycles. The van der Waals surface area contributed by atoms with Crippen LogP contribution in [0.5, 0.6) is 0 Å². The molecule has 1 unspecified atom stereocenters. The van der Waals surface area contributed by atoms with Gasteiger partial charge in [-0.25, -0.2) is 8.78 Å². The number of ketones is 1. The Morgan fingerprint density at radius 1 is 1.35 bits per heavy atom. The Labute approximate surface area is 114 Å². The van der Waals surface area contributed by atoms with Crippen molar-refractivity contribution in [2.75, 3.05) is 11.4 Å². The lowest BCUT2D eigenvalue weighted by molar-refractivity contribution is -0.133. The van der Waals surface area contributed by atoms with Crippen molar-refractivity contribution in [2.24, 2.45) is 5.92 Å². The second-order valence-corrected chi connectivity index (χ2v) is 4.61. The van der Waals surface area contributed by atoms with Gasteiger partial charge in [-0.1, -0.05) is 0 Å². The fraction of sp³-hybridized carbons (Fsp3) is 0.357. The van der Waals surface area contributed by atoms with Gasteiger partial charge in [0.1, 0.15) is 11.6 Å². The van der Waals surface area contributed by atoms with E-state index in [0.29, 0.717) is 19.4 Å². The number of anilines is 1. The van der Waals surface area contributed by atoms with Crippen LogP contribution in [0.2, 0.25) is 0 Å². The molecule has 1 atom stereocenters. The highest BCUT2D eigenvalue weighted by molar-refractivity contribution is 6.09. The molecule has 0 bridgehead atoms. The summed E-state index contributed by atoms with van der Waals surface area (Å²) in [5.74, 6) is -3.40. The molecule has 1 aliphatic heterocycles. The summed E-state index contributed by atoms with van der Waals surface area (Å²) < 4.78 is 26.4. The van der Waals surface area contributed by atoms with Gasteiger partial charge in [0.15, 0.2) is 5.78 Å². The van der Waals surface area contributed by atoms with Crippen molar-refractivity contribution in [3.05, 3.63) is 29.8 Å². The second kappa shape index (κ2) is 5.78. The number of carbonyl (C=O) groups excluding carboxylic acids is 2. The van der Waals surface area contributed by atoms with E-state index in [9.17, 15) is 18.4 Å². The van der Waals surface area contributed by atoms with Gasteiger partial charge in [0.05, 0.1) is 18.4 Å². The van der Waals surface area contributed by atoms with E-state index < -0.39 is 29.2 Å². The molecule has 104 valence electrons. The van der Waals surface area contributed by atoms with Crippen molar-refractivity contribution in [3.8, 4) is 6.07 Å². The van der Waals surface area contributed by atoms with E-state index in [0.717, 1.165) is 18.2 Å². The fourth-order valence-electron chi connectivity index (χ4n) is 2.33. The van der Waals surface area contributed by atoms with Crippen LogP contribution >= 0.6 is 0 Å². The van der Waals surface area contributed by atoms with Crippen LogP contribution in [0.15, 0.2) is 18.2 Å². The van der Waals surface area contributed by atoms with E-state index in [4.69, 9.17) is 5.26 Å². The van der Waals surface area contributed by atoms with Gasteiger partial charge in [0.2, 0.25) is 5.91 Å². The Hall–Kier alpha value is -2.29. The number of amides is 1. The summed E-state index contributed by atoms with van der Waals surface area (Å²) in [6.07, 6.45) is 0.584. The molecule has 1 saturated heterocycles. The number of piperidine rings is 1. The number of hydrogen-bond acceptors (Lipinski definition) is 3. The SMILES string of the molecule is N#CCC(=O)C1CCCN(c2cc(F)cc(F)c2)C1=O. The average Bonchev–Trinajstić information content (AvgIpc) is 2.38. The summed E-state index contributed by atoms with van der Waals surface area (Å²) in [5.41, 5.74) is 0.0990. The highest BCUT2D eigenvalue weighted by Crippen LogP contribution is 2.26. The van der Waals surface area contributed by atoms with E-state index >= 15 is 0 Å². The molecule has 1 aliphatic rings. The van der Waals surface area contributed by atoms with Crippen molar-refractivity contribution in [3.63, 3.8) is 0 Å². The van der Waals surface area contributed by atoms with Crippen LogP contribution in [0.1, 0.15) is 19.3 Å². The molecule has 0 N–H and O–H groups in total. The molecule has 1 amide bonds. The third-order valence-electron chi connectivity index (χ3n) is 3.24. The standard InChI is InChI=1S/C14H12F2N2O2/c15-9-6-10(16)8-11(7-9)18-5-1-2-12(14(18)20)13(19)3-4-17/h6-8,12H,1-3,5H2. The molecular formula is C14H12F2N2O2. The predicted molar refractivity (Wildman–Crippen MR) is 66.7 cm³/mol. The Morgan fingerprint density at radius 2 is 2.00 bits per heavy atom. The van der Waals surface area contributed by atoms with Gasteiger partial charge in [0, 0.05) is 18.3 Å². The van der Waals surface area contributed by atoms with Crippen molar-refractivity contribution in [1.29, 1.82) is 5.26 Å². The fourth-order valence-corrected chi connectivity index (χ4v) is 2.33. The topological polar surface area (TPSA) is 61.2 Å². The summed E-state index contributed by atoms with van der Waals surface area (Å²) in [4.78, 5) is 25.1. The van der Waals surface area contributed by atoms with Crippen LogP contribution in [-0.2, 0) is 9.59 Å². The average molecular weight is 278 g/mol. The first-order valence-electron chi connectivity index (χ1n) is 6.20. The minimum Gasteiger partial charge on any atom is -0.312 e. The number of nitrogens with zero attached hydrogens (tertiary/aromatic N) is 2. The third kappa shape index (κ3) is 2.82. The van der Waals surface area contributed by atoms with E-state index in [1.54, 1.807) is 6.07 Å². The second-order valence-electron chi connectivity index (χ2n) is 4.61. The first kappa shape index (κ1) is 14.1. The van der Waals surface area contributed by atoms with Gasteiger partial charge >= 0.3 is 0 Å². The van der Waals surface area contributed by atoms with Crippen LogP contribution in [0, 0.1) is 28.9 Å². The predicted octanol–water partition coefficient (Wildman–Crippen LogP) is 2.19. The number of rotatable bonds is 3. The number of halogens is 2. The quantitative estimate of drug-likeness (QED) is 0.796. The van der Waals surface area contributed by atoms with E-state index in [-0.39, 0.29) is 12.1 Å². The van der Waals surface area contributed by atoms with Crippen LogP contribution in [0.4, 0.5) is 14.5 Å². The zero-order valence-corrected chi connectivity index (χ0v) is 10.6. The lowest BCUT2D eigenvalue weighted by Crippen LogP contribution is -2.44.